The second-order valence-electron chi connectivity index (χ2n) is 5.54. The highest BCUT2D eigenvalue weighted by atomic mass is 32.2. The first kappa shape index (κ1) is 15.0. The Kier molecular flexibility index (Phi) is 5.82. The normalized spacial score (nSPS) is 27.1. The van der Waals surface area contributed by atoms with Gasteiger partial charge in [-0.3, -0.25) is 0 Å². The topological polar surface area (TPSA) is 52.6 Å². The maximum atomic E-state index is 12.2. The van der Waals surface area contributed by atoms with E-state index in [9.17, 15) is 4.79 Å². The highest BCUT2D eigenvalue weighted by molar-refractivity contribution is 7.99. The van der Waals surface area contributed by atoms with Gasteiger partial charge in [-0.05, 0) is 37.9 Å². The molecular formula is C14H26N2O2S. The lowest BCUT2D eigenvalue weighted by Gasteiger charge is -2.31. The second kappa shape index (κ2) is 7.39. The molecule has 2 N–H and O–H groups in total. The summed E-state index contributed by atoms with van der Waals surface area (Å²) in [6.07, 6.45) is 6.88. The van der Waals surface area contributed by atoms with Gasteiger partial charge in [-0.15, -0.1) is 0 Å². The van der Waals surface area contributed by atoms with E-state index < -0.39 is 0 Å². The van der Waals surface area contributed by atoms with Gasteiger partial charge in [-0.1, -0.05) is 13.3 Å². The molecule has 2 saturated carbocycles. The smallest absolute Gasteiger partial charge is 0.317 e. The number of nitrogens with zero attached hydrogens (tertiary/aromatic N) is 1. The van der Waals surface area contributed by atoms with Crippen molar-refractivity contribution >= 4 is 17.8 Å². The van der Waals surface area contributed by atoms with Crippen LogP contribution < -0.4 is 5.32 Å². The minimum Gasteiger partial charge on any atom is -0.395 e. The molecule has 2 rings (SSSR count). The summed E-state index contributed by atoms with van der Waals surface area (Å²) in [5, 5.41) is 12.9. The number of thioether (sulfide) groups is 1. The molecule has 2 aliphatic carbocycles. The third kappa shape index (κ3) is 4.56. The Balaban J connectivity index is 1.79. The molecule has 0 radical (unpaired) electrons. The average molecular weight is 286 g/mol. The predicted octanol–water partition coefficient (Wildman–Crippen LogP) is 2.22. The van der Waals surface area contributed by atoms with Crippen LogP contribution in [0.15, 0.2) is 0 Å². The molecule has 2 amide bonds. The zero-order valence-electron chi connectivity index (χ0n) is 11.8. The van der Waals surface area contributed by atoms with Crippen molar-refractivity contribution in [1.82, 2.24) is 10.2 Å². The van der Waals surface area contributed by atoms with Gasteiger partial charge in [0.1, 0.15) is 0 Å². The van der Waals surface area contributed by atoms with Gasteiger partial charge < -0.3 is 15.3 Å². The number of rotatable bonds is 6. The van der Waals surface area contributed by atoms with Gasteiger partial charge in [0.05, 0.1) is 6.61 Å². The van der Waals surface area contributed by atoms with Crippen LogP contribution in [0.1, 0.15) is 45.4 Å². The van der Waals surface area contributed by atoms with Gasteiger partial charge >= 0.3 is 6.03 Å². The first-order valence-electron chi connectivity index (χ1n) is 7.54. The van der Waals surface area contributed by atoms with Gasteiger partial charge in [0.2, 0.25) is 0 Å². The van der Waals surface area contributed by atoms with Gasteiger partial charge in [-0.25, -0.2) is 4.79 Å². The molecule has 0 aromatic heterocycles. The number of carbonyl (C=O) groups is 1. The van der Waals surface area contributed by atoms with E-state index >= 15 is 0 Å². The average Bonchev–Trinajstić information content (AvgIpc) is 3.21. The second-order valence-corrected chi connectivity index (χ2v) is 7.12. The lowest BCUT2D eigenvalue weighted by atomic mass is 9.95. The largest absolute Gasteiger partial charge is 0.395 e. The molecule has 5 heteroatoms. The summed E-state index contributed by atoms with van der Waals surface area (Å²) in [6.45, 7) is 2.72. The minimum absolute atomic E-state index is 0.0312. The lowest BCUT2D eigenvalue weighted by molar-refractivity contribution is 0.168. The van der Waals surface area contributed by atoms with Crippen LogP contribution in [0, 0.1) is 0 Å². The maximum Gasteiger partial charge on any atom is 0.317 e. The van der Waals surface area contributed by atoms with Crippen molar-refractivity contribution < 1.29 is 9.90 Å². The Labute approximate surface area is 120 Å². The standard InChI is InChI=1S/C14H26N2O2S/c1-2-19-13-5-3-4-11(10-13)15-14(18)16(8-9-17)12-6-7-12/h11-13,17H,2-10H2,1H3,(H,15,18)/t11-,13-/m0/s1. The van der Waals surface area contributed by atoms with E-state index in [4.69, 9.17) is 5.11 Å². The zero-order chi connectivity index (χ0) is 13.7. The molecule has 0 bridgehead atoms. The number of urea groups is 1. The first-order chi connectivity index (χ1) is 9.24. The molecule has 2 atom stereocenters. The van der Waals surface area contributed by atoms with E-state index in [0.717, 1.165) is 31.4 Å². The lowest BCUT2D eigenvalue weighted by Crippen LogP contribution is -2.48. The van der Waals surface area contributed by atoms with Crippen LogP contribution >= 0.6 is 11.8 Å². The monoisotopic (exact) mass is 286 g/mol. The summed E-state index contributed by atoms with van der Waals surface area (Å²) in [5.74, 6) is 1.16. The quantitative estimate of drug-likeness (QED) is 0.787. The molecule has 0 aliphatic heterocycles. The van der Waals surface area contributed by atoms with Crippen molar-refractivity contribution in [3.63, 3.8) is 0 Å². The fourth-order valence-electron chi connectivity index (χ4n) is 2.86. The van der Waals surface area contributed by atoms with E-state index in [0.29, 0.717) is 23.9 Å². The number of carbonyl (C=O) groups excluding carboxylic acids is 1. The van der Waals surface area contributed by atoms with Crippen LogP contribution in [0.4, 0.5) is 4.79 Å². The minimum atomic E-state index is 0.0312. The van der Waals surface area contributed by atoms with E-state index in [2.05, 4.69) is 12.2 Å². The Morgan fingerprint density at radius 3 is 2.79 bits per heavy atom. The van der Waals surface area contributed by atoms with Crippen LogP contribution in [0.3, 0.4) is 0 Å². The van der Waals surface area contributed by atoms with Crippen LogP contribution in [0.5, 0.6) is 0 Å². The summed E-state index contributed by atoms with van der Waals surface area (Å²) in [6, 6.07) is 0.727. The van der Waals surface area contributed by atoms with Crippen molar-refractivity contribution in [3.8, 4) is 0 Å². The Bertz CT molecular complexity index is 295. The predicted molar refractivity (Wildman–Crippen MR) is 79.5 cm³/mol. The molecule has 0 heterocycles. The van der Waals surface area contributed by atoms with Gasteiger partial charge in [0.15, 0.2) is 0 Å². The van der Waals surface area contributed by atoms with Crippen LogP contribution in [0.25, 0.3) is 0 Å². The molecule has 0 aromatic rings. The maximum absolute atomic E-state index is 12.2. The Morgan fingerprint density at radius 1 is 1.37 bits per heavy atom. The molecular weight excluding hydrogens is 260 g/mol. The SMILES string of the molecule is CCS[C@H]1CCC[C@H](NC(=O)N(CCO)C2CC2)C1. The molecule has 0 unspecified atom stereocenters. The van der Waals surface area contributed by atoms with Crippen LogP contribution in [0.2, 0.25) is 0 Å². The molecule has 19 heavy (non-hydrogen) atoms. The van der Waals surface area contributed by atoms with E-state index in [1.165, 1.54) is 12.8 Å². The third-order valence-corrected chi connectivity index (χ3v) is 5.18. The van der Waals surface area contributed by atoms with E-state index in [1.807, 2.05) is 16.7 Å². The van der Waals surface area contributed by atoms with Crippen molar-refractivity contribution in [2.75, 3.05) is 18.9 Å². The van der Waals surface area contributed by atoms with Crippen molar-refractivity contribution in [3.05, 3.63) is 0 Å². The molecule has 110 valence electrons. The Hall–Kier alpha value is -0.420. The molecule has 2 aliphatic rings. The summed E-state index contributed by atoms with van der Waals surface area (Å²) in [7, 11) is 0. The Morgan fingerprint density at radius 2 is 2.16 bits per heavy atom. The van der Waals surface area contributed by atoms with Crippen LogP contribution in [-0.2, 0) is 0 Å². The fourth-order valence-corrected chi connectivity index (χ4v) is 4.04. The zero-order valence-corrected chi connectivity index (χ0v) is 12.6. The number of aliphatic hydroxyl groups excluding tert-OH is 1. The molecule has 0 aromatic carbocycles. The van der Waals surface area contributed by atoms with Crippen molar-refractivity contribution in [1.29, 1.82) is 0 Å². The fraction of sp³-hybridized carbons (Fsp3) is 0.929. The molecule has 2 fully saturated rings. The number of aliphatic hydroxyl groups is 1. The van der Waals surface area contributed by atoms with Gasteiger partial charge in [0, 0.05) is 23.9 Å². The molecule has 4 nitrogen and oxygen atoms in total. The van der Waals surface area contributed by atoms with Crippen molar-refractivity contribution in [2.45, 2.75) is 62.8 Å². The first-order valence-corrected chi connectivity index (χ1v) is 8.59. The van der Waals surface area contributed by atoms with E-state index in [1.54, 1.807) is 0 Å². The van der Waals surface area contributed by atoms with Gasteiger partial charge in [0.25, 0.3) is 0 Å². The molecule has 0 spiro atoms. The number of hydrogen-bond donors (Lipinski definition) is 2. The van der Waals surface area contributed by atoms with Crippen LogP contribution in [-0.4, -0.2) is 52.3 Å². The van der Waals surface area contributed by atoms with E-state index in [-0.39, 0.29) is 12.6 Å². The van der Waals surface area contributed by atoms with Gasteiger partial charge in [-0.2, -0.15) is 11.8 Å². The number of nitrogens with one attached hydrogen (secondary N) is 1. The summed E-state index contributed by atoms with van der Waals surface area (Å²) >= 11 is 2.02. The highest BCUT2D eigenvalue weighted by Crippen LogP contribution is 2.30. The third-order valence-electron chi connectivity index (χ3n) is 3.95. The number of hydrogen-bond acceptors (Lipinski definition) is 3. The summed E-state index contributed by atoms with van der Waals surface area (Å²) < 4.78 is 0. The highest BCUT2D eigenvalue weighted by Gasteiger charge is 2.33. The van der Waals surface area contributed by atoms with Crippen molar-refractivity contribution in [2.24, 2.45) is 0 Å². The summed E-state index contributed by atoms with van der Waals surface area (Å²) in [4.78, 5) is 14.1. The number of amides is 2. The molecule has 0 saturated heterocycles. The summed E-state index contributed by atoms with van der Waals surface area (Å²) in [5.41, 5.74) is 0.